The molecule has 0 atom stereocenters. The van der Waals surface area contributed by atoms with Crippen molar-refractivity contribution in [3.63, 3.8) is 0 Å². The Bertz CT molecular complexity index is 822. The lowest BCUT2D eigenvalue weighted by molar-refractivity contribution is -0.130. The first-order chi connectivity index (χ1) is 10.9. The standard InChI is InChI=1S/C16H15NO6/c1-9(4-10-2-3-11(19)5-13(10)17)16(21)23-15-8-22-12(7-18)6-14(15)20/h2-6,8,18-19H,7,17H2,1H3. The van der Waals surface area contributed by atoms with Crippen LogP contribution in [0.4, 0.5) is 5.69 Å². The second kappa shape index (κ2) is 6.80. The number of esters is 1. The van der Waals surface area contributed by atoms with Crippen LogP contribution in [0.15, 0.2) is 45.3 Å². The van der Waals surface area contributed by atoms with E-state index in [1.54, 1.807) is 6.07 Å². The Kier molecular flexibility index (Phi) is 4.82. The van der Waals surface area contributed by atoms with Crippen LogP contribution in [0, 0.1) is 0 Å². The highest BCUT2D eigenvalue weighted by Gasteiger charge is 2.12. The van der Waals surface area contributed by atoms with E-state index in [-0.39, 0.29) is 22.8 Å². The van der Waals surface area contributed by atoms with Gasteiger partial charge in [-0.15, -0.1) is 0 Å². The number of aromatic hydroxyl groups is 1. The third kappa shape index (κ3) is 3.98. The third-order valence-corrected chi connectivity index (χ3v) is 2.98. The Hall–Kier alpha value is -3.06. The van der Waals surface area contributed by atoms with Crippen molar-refractivity contribution in [2.24, 2.45) is 0 Å². The van der Waals surface area contributed by atoms with E-state index >= 15 is 0 Å². The van der Waals surface area contributed by atoms with Gasteiger partial charge < -0.3 is 25.1 Å². The monoisotopic (exact) mass is 317 g/mol. The van der Waals surface area contributed by atoms with E-state index in [9.17, 15) is 14.7 Å². The van der Waals surface area contributed by atoms with Crippen molar-refractivity contribution < 1.29 is 24.2 Å². The summed E-state index contributed by atoms with van der Waals surface area (Å²) < 4.78 is 9.88. The van der Waals surface area contributed by atoms with Gasteiger partial charge in [-0.25, -0.2) is 4.79 Å². The molecule has 1 heterocycles. The van der Waals surface area contributed by atoms with Crippen LogP contribution in [-0.4, -0.2) is 16.2 Å². The number of phenols is 1. The number of ether oxygens (including phenoxy) is 1. The van der Waals surface area contributed by atoms with E-state index in [2.05, 4.69) is 0 Å². The van der Waals surface area contributed by atoms with Crippen molar-refractivity contribution in [1.82, 2.24) is 0 Å². The zero-order valence-electron chi connectivity index (χ0n) is 12.3. The summed E-state index contributed by atoms with van der Waals surface area (Å²) >= 11 is 0. The van der Waals surface area contributed by atoms with Gasteiger partial charge >= 0.3 is 5.97 Å². The zero-order chi connectivity index (χ0) is 17.0. The molecule has 0 saturated carbocycles. The van der Waals surface area contributed by atoms with Gasteiger partial charge in [-0.1, -0.05) is 0 Å². The van der Waals surface area contributed by atoms with Gasteiger partial charge in [0.05, 0.1) is 0 Å². The SMILES string of the molecule is CC(=Cc1ccc(O)cc1N)C(=O)Oc1coc(CO)cc1=O. The lowest BCUT2D eigenvalue weighted by Gasteiger charge is -2.05. The van der Waals surface area contributed by atoms with Gasteiger partial charge in [-0.3, -0.25) is 4.79 Å². The summed E-state index contributed by atoms with van der Waals surface area (Å²) in [7, 11) is 0. The number of anilines is 1. The number of nitrogens with two attached hydrogens (primary N) is 1. The number of phenolic OH excluding ortho intramolecular Hbond substituents is 1. The molecule has 0 aliphatic carbocycles. The number of rotatable bonds is 4. The number of aliphatic hydroxyl groups is 1. The number of benzene rings is 1. The number of hydrogen-bond donors (Lipinski definition) is 3. The fourth-order valence-corrected chi connectivity index (χ4v) is 1.76. The van der Waals surface area contributed by atoms with E-state index < -0.39 is 18.0 Å². The molecule has 1 aromatic heterocycles. The van der Waals surface area contributed by atoms with Crippen LogP contribution in [0.3, 0.4) is 0 Å². The molecule has 0 aliphatic heterocycles. The molecule has 2 aromatic rings. The Morgan fingerprint density at radius 3 is 2.74 bits per heavy atom. The van der Waals surface area contributed by atoms with Crippen molar-refractivity contribution in [3.8, 4) is 11.5 Å². The molecule has 2 rings (SSSR count). The molecule has 0 fully saturated rings. The fraction of sp³-hybridized carbons (Fsp3) is 0.125. The molecule has 120 valence electrons. The van der Waals surface area contributed by atoms with Crippen molar-refractivity contribution in [3.05, 3.63) is 57.6 Å². The topological polar surface area (TPSA) is 123 Å². The van der Waals surface area contributed by atoms with Gasteiger partial charge in [0.25, 0.3) is 0 Å². The Morgan fingerprint density at radius 2 is 2.13 bits per heavy atom. The van der Waals surface area contributed by atoms with E-state index in [1.165, 1.54) is 25.1 Å². The van der Waals surface area contributed by atoms with Crippen LogP contribution in [0.25, 0.3) is 6.08 Å². The van der Waals surface area contributed by atoms with E-state index in [1.807, 2.05) is 0 Å². The van der Waals surface area contributed by atoms with Crippen molar-refractivity contribution in [1.29, 1.82) is 0 Å². The molecule has 0 amide bonds. The second-order valence-electron chi connectivity index (χ2n) is 4.76. The Morgan fingerprint density at radius 1 is 1.39 bits per heavy atom. The molecule has 7 nitrogen and oxygen atoms in total. The molecule has 0 aliphatic rings. The molecule has 0 radical (unpaired) electrons. The highest BCUT2D eigenvalue weighted by molar-refractivity contribution is 5.95. The summed E-state index contributed by atoms with van der Waals surface area (Å²) in [5.41, 5.74) is 6.18. The largest absolute Gasteiger partial charge is 0.508 e. The minimum Gasteiger partial charge on any atom is -0.508 e. The van der Waals surface area contributed by atoms with E-state index in [4.69, 9.17) is 20.0 Å². The highest BCUT2D eigenvalue weighted by Crippen LogP contribution is 2.21. The molecule has 0 spiro atoms. The van der Waals surface area contributed by atoms with Gasteiger partial charge in [-0.2, -0.15) is 0 Å². The molecule has 23 heavy (non-hydrogen) atoms. The van der Waals surface area contributed by atoms with Crippen molar-refractivity contribution in [2.45, 2.75) is 13.5 Å². The molecular weight excluding hydrogens is 302 g/mol. The van der Waals surface area contributed by atoms with E-state index in [0.29, 0.717) is 11.3 Å². The molecule has 0 bridgehead atoms. The minimum absolute atomic E-state index is 0.0152. The average Bonchev–Trinajstić information content (AvgIpc) is 2.51. The third-order valence-electron chi connectivity index (χ3n) is 2.98. The first kappa shape index (κ1) is 16.3. The Balaban J connectivity index is 2.20. The van der Waals surface area contributed by atoms with Crippen LogP contribution in [0.1, 0.15) is 18.2 Å². The lowest BCUT2D eigenvalue weighted by Crippen LogP contribution is -2.15. The normalized spacial score (nSPS) is 11.3. The highest BCUT2D eigenvalue weighted by atomic mass is 16.5. The first-order valence-corrected chi connectivity index (χ1v) is 6.62. The van der Waals surface area contributed by atoms with Gasteiger partial charge in [0, 0.05) is 23.4 Å². The fourth-order valence-electron chi connectivity index (χ4n) is 1.76. The van der Waals surface area contributed by atoms with Crippen LogP contribution in [0.5, 0.6) is 11.5 Å². The summed E-state index contributed by atoms with van der Waals surface area (Å²) in [6, 6.07) is 5.38. The van der Waals surface area contributed by atoms with Gasteiger partial charge in [-0.05, 0) is 30.7 Å². The smallest absolute Gasteiger partial charge is 0.339 e. The quantitative estimate of drug-likeness (QED) is 0.443. The first-order valence-electron chi connectivity index (χ1n) is 6.62. The lowest BCUT2D eigenvalue weighted by atomic mass is 10.1. The van der Waals surface area contributed by atoms with Gasteiger partial charge in [0.15, 0.2) is 0 Å². The number of carbonyl (C=O) groups excluding carboxylic acids is 1. The maximum atomic E-state index is 12.0. The molecular formula is C16H15NO6. The number of carbonyl (C=O) groups is 1. The Labute approximate surface area is 131 Å². The summed E-state index contributed by atoms with van der Waals surface area (Å²) in [6.07, 6.45) is 2.44. The number of aliphatic hydroxyl groups excluding tert-OH is 1. The molecule has 7 heteroatoms. The number of nitrogen functional groups attached to an aromatic ring is 1. The summed E-state index contributed by atoms with van der Waals surface area (Å²) in [6.45, 7) is 1.07. The summed E-state index contributed by atoms with van der Waals surface area (Å²) in [5, 5.41) is 18.1. The van der Waals surface area contributed by atoms with Gasteiger partial charge in [0.2, 0.25) is 11.2 Å². The summed E-state index contributed by atoms with van der Waals surface area (Å²) in [5.74, 6) is -0.944. The maximum absolute atomic E-state index is 12.0. The van der Waals surface area contributed by atoms with Gasteiger partial charge in [0.1, 0.15) is 24.4 Å². The predicted octanol–water partition coefficient (Wildman–Crippen LogP) is 1.43. The van der Waals surface area contributed by atoms with Crippen molar-refractivity contribution >= 4 is 17.7 Å². The summed E-state index contributed by atoms with van der Waals surface area (Å²) in [4.78, 5) is 23.7. The minimum atomic E-state index is -0.749. The van der Waals surface area contributed by atoms with Crippen LogP contribution in [-0.2, 0) is 11.4 Å². The molecule has 0 unspecified atom stereocenters. The van der Waals surface area contributed by atoms with Crippen LogP contribution < -0.4 is 15.9 Å². The molecule has 4 N–H and O–H groups in total. The van der Waals surface area contributed by atoms with Crippen molar-refractivity contribution in [2.75, 3.05) is 5.73 Å². The number of hydrogen-bond acceptors (Lipinski definition) is 7. The predicted molar refractivity (Wildman–Crippen MR) is 82.7 cm³/mol. The molecule has 1 aromatic carbocycles. The maximum Gasteiger partial charge on any atom is 0.339 e. The van der Waals surface area contributed by atoms with Crippen LogP contribution in [0.2, 0.25) is 0 Å². The molecule has 0 saturated heterocycles. The second-order valence-corrected chi connectivity index (χ2v) is 4.76. The average molecular weight is 317 g/mol. The zero-order valence-corrected chi connectivity index (χ0v) is 12.3. The van der Waals surface area contributed by atoms with Crippen LogP contribution >= 0.6 is 0 Å². The van der Waals surface area contributed by atoms with E-state index in [0.717, 1.165) is 12.3 Å².